The number of nitrogens with zero attached hydrogens (tertiary/aromatic N) is 4. The van der Waals surface area contributed by atoms with Gasteiger partial charge in [0.25, 0.3) is 5.91 Å². The summed E-state index contributed by atoms with van der Waals surface area (Å²) in [7, 11) is -4.11. The van der Waals surface area contributed by atoms with Gasteiger partial charge in [-0.05, 0) is 54.7 Å². The van der Waals surface area contributed by atoms with Crippen LogP contribution in [-0.2, 0) is 10.0 Å². The van der Waals surface area contributed by atoms with Gasteiger partial charge in [0.1, 0.15) is 22.1 Å². The van der Waals surface area contributed by atoms with Gasteiger partial charge in [0.15, 0.2) is 5.65 Å². The van der Waals surface area contributed by atoms with Crippen molar-refractivity contribution in [3.8, 4) is 0 Å². The maximum atomic E-state index is 13.6. The lowest BCUT2D eigenvalue weighted by Gasteiger charge is -2.32. The zero-order chi connectivity index (χ0) is 26.3. The summed E-state index contributed by atoms with van der Waals surface area (Å²) in [6.07, 6.45) is 3.79. The van der Waals surface area contributed by atoms with Crippen LogP contribution in [0.5, 0.6) is 0 Å². The Morgan fingerprint density at radius 2 is 1.78 bits per heavy atom. The molecule has 2 aromatic heterocycles. The third-order valence-corrected chi connectivity index (χ3v) is 7.79. The normalized spacial score (nSPS) is 14.8. The van der Waals surface area contributed by atoms with Gasteiger partial charge in [-0.3, -0.25) is 4.79 Å². The van der Waals surface area contributed by atoms with Gasteiger partial charge in [0, 0.05) is 24.3 Å². The molecular weight excluding hydrogens is 542 g/mol. The van der Waals surface area contributed by atoms with Gasteiger partial charge in [0.05, 0.1) is 16.9 Å². The molecule has 192 valence electrons. The third-order valence-electron chi connectivity index (χ3n) is 6.34. The number of carbonyl (C=O) groups excluding carboxylic acids is 1. The minimum atomic E-state index is -4.11. The quantitative estimate of drug-likeness (QED) is 0.367. The summed E-state index contributed by atoms with van der Waals surface area (Å²) in [4.78, 5) is 19.3. The Kier molecular flexibility index (Phi) is 6.80. The maximum absolute atomic E-state index is 13.6. The van der Waals surface area contributed by atoms with Crippen molar-refractivity contribution in [3.05, 3.63) is 81.8 Å². The van der Waals surface area contributed by atoms with E-state index in [9.17, 15) is 17.6 Å². The predicted octanol–water partition coefficient (Wildman–Crippen LogP) is 4.59. The fraction of sp³-hybridized carbons (Fsp3) is 0.208. The Balaban J connectivity index is 1.49. The molecule has 0 spiro atoms. The largest absolute Gasteiger partial charge is 0.338 e. The average Bonchev–Trinajstić information content (AvgIpc) is 3.31. The number of carbonyl (C=O) groups is 1. The number of aromatic nitrogens is 3. The van der Waals surface area contributed by atoms with Crippen molar-refractivity contribution in [1.82, 2.24) is 19.5 Å². The van der Waals surface area contributed by atoms with E-state index < -0.39 is 10.0 Å². The van der Waals surface area contributed by atoms with Gasteiger partial charge in [0.2, 0.25) is 10.0 Å². The Labute approximate surface area is 222 Å². The highest BCUT2D eigenvalue weighted by molar-refractivity contribution is 7.89. The standard InChI is InChI=1S/C24H21Cl2FN6O3S/c25-16-3-6-20(19(26)11-16)31-22-18(12-29-23-21(37(28,35)36)13-30-33(22)23)24(34)32-9-7-15(8-10-32)14-1-4-17(27)5-2-14/h1-6,11-13,15,31H,7-10H2,(H2,28,35,36). The summed E-state index contributed by atoms with van der Waals surface area (Å²) in [5.74, 6) is -0.217. The van der Waals surface area contributed by atoms with Crippen molar-refractivity contribution >= 4 is 56.3 Å². The number of hydrogen-bond acceptors (Lipinski definition) is 6. The fourth-order valence-electron chi connectivity index (χ4n) is 4.43. The molecule has 3 N–H and O–H groups in total. The van der Waals surface area contributed by atoms with E-state index in [1.165, 1.54) is 28.9 Å². The number of nitrogens with two attached hydrogens (primary N) is 1. The van der Waals surface area contributed by atoms with Crippen LogP contribution in [0.1, 0.15) is 34.7 Å². The zero-order valence-corrected chi connectivity index (χ0v) is 21.6. The molecule has 9 nitrogen and oxygen atoms in total. The monoisotopic (exact) mass is 562 g/mol. The first-order valence-corrected chi connectivity index (χ1v) is 13.6. The van der Waals surface area contributed by atoms with Crippen molar-refractivity contribution in [1.29, 1.82) is 0 Å². The first-order chi connectivity index (χ1) is 17.6. The summed E-state index contributed by atoms with van der Waals surface area (Å²) < 4.78 is 38.6. The summed E-state index contributed by atoms with van der Waals surface area (Å²) in [6, 6.07) is 11.2. The number of likely N-dealkylation sites (tertiary alicyclic amines) is 1. The zero-order valence-electron chi connectivity index (χ0n) is 19.2. The molecule has 4 aromatic rings. The number of hydrogen-bond donors (Lipinski definition) is 2. The number of amides is 1. The maximum Gasteiger partial charge on any atom is 0.259 e. The number of primary sulfonamides is 1. The van der Waals surface area contributed by atoms with Crippen LogP contribution in [0.2, 0.25) is 10.0 Å². The molecule has 0 saturated carbocycles. The minimum absolute atomic E-state index is 0.0401. The summed E-state index contributed by atoms with van der Waals surface area (Å²) in [5, 5.41) is 13.3. The first kappa shape index (κ1) is 25.4. The van der Waals surface area contributed by atoms with Gasteiger partial charge in [-0.1, -0.05) is 35.3 Å². The molecule has 1 aliphatic heterocycles. The number of benzene rings is 2. The number of nitrogens with one attached hydrogen (secondary N) is 1. The fourth-order valence-corrected chi connectivity index (χ4v) is 5.47. The molecule has 1 saturated heterocycles. The molecule has 1 amide bonds. The molecule has 0 atom stereocenters. The van der Waals surface area contributed by atoms with E-state index in [0.717, 1.165) is 11.8 Å². The highest BCUT2D eigenvalue weighted by atomic mass is 35.5. The van der Waals surface area contributed by atoms with Gasteiger partial charge in [-0.25, -0.2) is 22.9 Å². The van der Waals surface area contributed by atoms with Crippen LogP contribution in [0.3, 0.4) is 0 Å². The molecular formula is C24H21Cl2FN6O3S. The number of sulfonamides is 1. The Hall–Kier alpha value is -3.25. The Bertz CT molecular complexity index is 1600. The number of piperidine rings is 1. The van der Waals surface area contributed by atoms with Crippen LogP contribution >= 0.6 is 23.2 Å². The first-order valence-electron chi connectivity index (χ1n) is 11.3. The van der Waals surface area contributed by atoms with Crippen LogP contribution in [0, 0.1) is 5.82 Å². The van der Waals surface area contributed by atoms with Gasteiger partial charge in [-0.15, -0.1) is 0 Å². The lowest BCUT2D eigenvalue weighted by atomic mass is 9.89. The van der Waals surface area contributed by atoms with E-state index in [4.69, 9.17) is 28.3 Å². The third kappa shape index (κ3) is 5.12. The average molecular weight is 563 g/mol. The second kappa shape index (κ2) is 9.90. The number of fused-ring (bicyclic) bond motifs is 1. The van der Waals surface area contributed by atoms with E-state index >= 15 is 0 Å². The minimum Gasteiger partial charge on any atom is -0.338 e. The van der Waals surface area contributed by atoms with E-state index in [2.05, 4.69) is 15.4 Å². The van der Waals surface area contributed by atoms with Crippen LogP contribution in [-0.4, -0.2) is 46.9 Å². The summed E-state index contributed by atoms with van der Waals surface area (Å²) >= 11 is 12.4. The molecule has 2 aromatic carbocycles. The molecule has 0 unspecified atom stereocenters. The lowest BCUT2D eigenvalue weighted by Crippen LogP contribution is -2.38. The Morgan fingerprint density at radius 3 is 2.43 bits per heavy atom. The highest BCUT2D eigenvalue weighted by Gasteiger charge is 2.29. The molecule has 1 fully saturated rings. The predicted molar refractivity (Wildman–Crippen MR) is 138 cm³/mol. The summed E-state index contributed by atoms with van der Waals surface area (Å²) in [5.41, 5.74) is 1.59. The van der Waals surface area contributed by atoms with Crippen molar-refractivity contribution in [2.75, 3.05) is 18.4 Å². The second-order valence-corrected chi connectivity index (χ2v) is 11.1. The molecule has 5 rings (SSSR count). The van der Waals surface area contributed by atoms with Crippen molar-refractivity contribution in [3.63, 3.8) is 0 Å². The molecule has 13 heteroatoms. The van der Waals surface area contributed by atoms with E-state index in [1.54, 1.807) is 29.2 Å². The van der Waals surface area contributed by atoms with E-state index in [-0.39, 0.29) is 44.6 Å². The second-order valence-electron chi connectivity index (χ2n) is 8.68. The molecule has 0 radical (unpaired) electrons. The lowest BCUT2D eigenvalue weighted by molar-refractivity contribution is 0.0713. The number of rotatable bonds is 5. The number of anilines is 2. The van der Waals surface area contributed by atoms with E-state index in [0.29, 0.717) is 36.6 Å². The molecule has 1 aliphatic rings. The van der Waals surface area contributed by atoms with Crippen molar-refractivity contribution < 1.29 is 17.6 Å². The van der Waals surface area contributed by atoms with Crippen LogP contribution in [0.25, 0.3) is 5.65 Å². The summed E-state index contributed by atoms with van der Waals surface area (Å²) in [6.45, 7) is 0.948. The SMILES string of the molecule is NS(=O)(=O)c1cnn2c(Nc3ccc(Cl)cc3Cl)c(C(=O)N3CCC(c4ccc(F)cc4)CC3)cnc12. The van der Waals surface area contributed by atoms with Crippen molar-refractivity contribution in [2.24, 2.45) is 5.14 Å². The van der Waals surface area contributed by atoms with Gasteiger partial charge < -0.3 is 10.2 Å². The topological polar surface area (TPSA) is 123 Å². The molecule has 3 heterocycles. The van der Waals surface area contributed by atoms with Crippen LogP contribution in [0.15, 0.2) is 59.8 Å². The van der Waals surface area contributed by atoms with Crippen molar-refractivity contribution in [2.45, 2.75) is 23.7 Å². The Morgan fingerprint density at radius 1 is 1.08 bits per heavy atom. The van der Waals surface area contributed by atoms with Gasteiger partial charge >= 0.3 is 0 Å². The van der Waals surface area contributed by atoms with Gasteiger partial charge in [-0.2, -0.15) is 9.61 Å². The van der Waals surface area contributed by atoms with Crippen LogP contribution < -0.4 is 10.5 Å². The smallest absolute Gasteiger partial charge is 0.259 e. The molecule has 0 bridgehead atoms. The molecule has 37 heavy (non-hydrogen) atoms. The number of halogens is 3. The molecule has 0 aliphatic carbocycles. The highest BCUT2D eigenvalue weighted by Crippen LogP contribution is 2.33. The van der Waals surface area contributed by atoms with Crippen LogP contribution in [0.4, 0.5) is 15.9 Å². The van der Waals surface area contributed by atoms with E-state index in [1.807, 2.05) is 0 Å².